The lowest BCUT2D eigenvalue weighted by Crippen LogP contribution is -2.09. The van der Waals surface area contributed by atoms with Crippen LogP contribution in [0.4, 0.5) is 0 Å². The van der Waals surface area contributed by atoms with Gasteiger partial charge in [0.1, 0.15) is 0 Å². The van der Waals surface area contributed by atoms with Gasteiger partial charge in [0.15, 0.2) is 0 Å². The molecule has 1 unspecified atom stereocenters. The van der Waals surface area contributed by atoms with Crippen molar-refractivity contribution in [3.63, 3.8) is 0 Å². The molecule has 0 aromatic rings. The number of unbranched alkanes of at least 4 members (excludes halogenated alkanes) is 4. The summed E-state index contributed by atoms with van der Waals surface area (Å²) in [5.74, 6) is -1.43. The van der Waals surface area contributed by atoms with E-state index in [4.69, 9.17) is 10.2 Å². The summed E-state index contributed by atoms with van der Waals surface area (Å²) in [5.41, 5.74) is 0. The molecule has 0 aromatic carbocycles. The van der Waals surface area contributed by atoms with E-state index in [1.807, 2.05) is 0 Å². The zero-order valence-electron chi connectivity index (χ0n) is 11.4. The molecule has 0 fully saturated rings. The topological polar surface area (TPSA) is 74.6 Å². The van der Waals surface area contributed by atoms with Crippen molar-refractivity contribution in [1.29, 1.82) is 0 Å². The highest BCUT2D eigenvalue weighted by Crippen LogP contribution is 2.20. The lowest BCUT2D eigenvalue weighted by atomic mass is 9.92. The molecule has 0 heterocycles. The van der Waals surface area contributed by atoms with Gasteiger partial charge in [-0.05, 0) is 25.2 Å². The second-order valence-electron chi connectivity index (χ2n) is 4.95. The van der Waals surface area contributed by atoms with Gasteiger partial charge in [0.2, 0.25) is 0 Å². The number of carboxylic acids is 2. The van der Waals surface area contributed by atoms with Crippen LogP contribution in [0.3, 0.4) is 0 Å². The monoisotopic (exact) mass is 258 g/mol. The van der Waals surface area contributed by atoms with Crippen molar-refractivity contribution in [2.45, 2.75) is 71.1 Å². The quantitative estimate of drug-likeness (QED) is 0.523. The van der Waals surface area contributed by atoms with E-state index in [0.717, 1.165) is 19.3 Å². The first-order valence-electron chi connectivity index (χ1n) is 6.99. The molecule has 0 saturated carbocycles. The maximum Gasteiger partial charge on any atom is 0.303 e. The van der Waals surface area contributed by atoms with E-state index in [1.54, 1.807) is 0 Å². The van der Waals surface area contributed by atoms with Crippen molar-refractivity contribution in [2.24, 2.45) is 5.92 Å². The molecule has 18 heavy (non-hydrogen) atoms. The van der Waals surface area contributed by atoms with E-state index in [0.29, 0.717) is 12.8 Å². The SMILES string of the molecule is CCCCCCCC(CCCC(=O)O)CC(=O)O. The van der Waals surface area contributed by atoms with Crippen LogP contribution in [-0.4, -0.2) is 22.2 Å². The predicted molar refractivity (Wildman–Crippen MR) is 70.6 cm³/mol. The number of carbonyl (C=O) groups is 2. The minimum Gasteiger partial charge on any atom is -0.481 e. The molecule has 0 saturated heterocycles. The van der Waals surface area contributed by atoms with Crippen LogP contribution in [0.1, 0.15) is 71.1 Å². The van der Waals surface area contributed by atoms with Gasteiger partial charge in [-0.15, -0.1) is 0 Å². The van der Waals surface area contributed by atoms with Crippen molar-refractivity contribution in [2.75, 3.05) is 0 Å². The third-order valence-electron chi connectivity index (χ3n) is 3.18. The van der Waals surface area contributed by atoms with Gasteiger partial charge in [-0.1, -0.05) is 39.0 Å². The Morgan fingerprint density at radius 3 is 2.06 bits per heavy atom. The molecule has 0 amide bonds. The molecule has 0 spiro atoms. The fourth-order valence-corrected chi connectivity index (χ4v) is 2.17. The first-order chi connectivity index (χ1) is 8.56. The van der Waals surface area contributed by atoms with Gasteiger partial charge < -0.3 is 10.2 Å². The smallest absolute Gasteiger partial charge is 0.303 e. The summed E-state index contributed by atoms with van der Waals surface area (Å²) in [6, 6.07) is 0. The highest BCUT2D eigenvalue weighted by Gasteiger charge is 2.13. The highest BCUT2D eigenvalue weighted by molar-refractivity contribution is 5.67. The average molecular weight is 258 g/mol. The second-order valence-corrected chi connectivity index (χ2v) is 4.95. The Morgan fingerprint density at radius 1 is 0.889 bits per heavy atom. The Balaban J connectivity index is 3.76. The second kappa shape index (κ2) is 11.1. The van der Waals surface area contributed by atoms with Crippen LogP contribution in [-0.2, 0) is 9.59 Å². The largest absolute Gasteiger partial charge is 0.481 e. The van der Waals surface area contributed by atoms with Crippen molar-refractivity contribution in [3.05, 3.63) is 0 Å². The van der Waals surface area contributed by atoms with Crippen molar-refractivity contribution in [1.82, 2.24) is 0 Å². The number of hydrogen-bond donors (Lipinski definition) is 2. The van der Waals surface area contributed by atoms with Crippen LogP contribution in [0.15, 0.2) is 0 Å². The number of carboxylic acid groups (broad SMARTS) is 2. The Labute approximate surface area is 109 Å². The van der Waals surface area contributed by atoms with E-state index in [9.17, 15) is 9.59 Å². The molecule has 0 rings (SSSR count). The molecule has 0 radical (unpaired) electrons. The number of rotatable bonds is 12. The lowest BCUT2D eigenvalue weighted by Gasteiger charge is -2.14. The zero-order valence-corrected chi connectivity index (χ0v) is 11.4. The summed E-state index contributed by atoms with van der Waals surface area (Å²) in [6.07, 6.45) is 8.41. The molecular formula is C14H26O4. The summed E-state index contributed by atoms with van der Waals surface area (Å²) >= 11 is 0. The fourth-order valence-electron chi connectivity index (χ4n) is 2.17. The molecule has 106 valence electrons. The minimum atomic E-state index is -0.799. The van der Waals surface area contributed by atoms with E-state index in [-0.39, 0.29) is 18.8 Å². The number of hydrogen-bond acceptors (Lipinski definition) is 2. The summed E-state index contributed by atoms with van der Waals surface area (Å²) < 4.78 is 0. The molecular weight excluding hydrogens is 232 g/mol. The zero-order chi connectivity index (χ0) is 13.8. The Hall–Kier alpha value is -1.06. The van der Waals surface area contributed by atoms with E-state index in [1.165, 1.54) is 19.3 Å². The highest BCUT2D eigenvalue weighted by atomic mass is 16.4. The molecule has 1 atom stereocenters. The Morgan fingerprint density at radius 2 is 1.50 bits per heavy atom. The molecule has 4 nitrogen and oxygen atoms in total. The molecule has 2 N–H and O–H groups in total. The van der Waals surface area contributed by atoms with E-state index < -0.39 is 11.9 Å². The standard InChI is InChI=1S/C14H26O4/c1-2-3-4-5-6-8-12(11-14(17)18)9-7-10-13(15)16/h12H,2-11H2,1H3,(H,15,16)(H,17,18). The van der Waals surface area contributed by atoms with Gasteiger partial charge in [-0.2, -0.15) is 0 Å². The minimum absolute atomic E-state index is 0.142. The Kier molecular flexibility index (Phi) is 10.4. The molecule has 4 heteroatoms. The molecule has 0 aliphatic heterocycles. The van der Waals surface area contributed by atoms with Crippen LogP contribution in [0.2, 0.25) is 0 Å². The molecule has 0 bridgehead atoms. The maximum atomic E-state index is 10.7. The molecule has 0 aliphatic rings. The predicted octanol–water partition coefficient (Wildman–Crippen LogP) is 3.69. The van der Waals surface area contributed by atoms with Gasteiger partial charge >= 0.3 is 11.9 Å². The van der Waals surface area contributed by atoms with Crippen LogP contribution in [0.25, 0.3) is 0 Å². The maximum absolute atomic E-state index is 10.7. The third kappa shape index (κ3) is 11.4. The van der Waals surface area contributed by atoms with E-state index in [2.05, 4.69) is 6.92 Å². The summed E-state index contributed by atoms with van der Waals surface area (Å²) in [6.45, 7) is 2.17. The van der Waals surface area contributed by atoms with Crippen LogP contribution >= 0.6 is 0 Å². The first kappa shape index (κ1) is 16.9. The van der Waals surface area contributed by atoms with Crippen LogP contribution < -0.4 is 0 Å². The number of aliphatic carboxylic acids is 2. The third-order valence-corrected chi connectivity index (χ3v) is 3.18. The van der Waals surface area contributed by atoms with Crippen molar-refractivity contribution < 1.29 is 19.8 Å². The van der Waals surface area contributed by atoms with Gasteiger partial charge in [0.25, 0.3) is 0 Å². The normalized spacial score (nSPS) is 12.3. The van der Waals surface area contributed by atoms with Gasteiger partial charge in [-0.25, -0.2) is 0 Å². The van der Waals surface area contributed by atoms with Gasteiger partial charge in [0, 0.05) is 12.8 Å². The van der Waals surface area contributed by atoms with Crippen LogP contribution in [0, 0.1) is 5.92 Å². The van der Waals surface area contributed by atoms with E-state index >= 15 is 0 Å². The fraction of sp³-hybridized carbons (Fsp3) is 0.857. The summed E-state index contributed by atoms with van der Waals surface area (Å²) in [7, 11) is 0. The van der Waals surface area contributed by atoms with Crippen molar-refractivity contribution >= 4 is 11.9 Å². The van der Waals surface area contributed by atoms with Crippen LogP contribution in [0.5, 0.6) is 0 Å². The van der Waals surface area contributed by atoms with Crippen molar-refractivity contribution in [3.8, 4) is 0 Å². The van der Waals surface area contributed by atoms with Gasteiger partial charge in [-0.3, -0.25) is 9.59 Å². The summed E-state index contributed by atoms with van der Waals surface area (Å²) in [4.78, 5) is 21.1. The summed E-state index contributed by atoms with van der Waals surface area (Å²) in [5, 5.41) is 17.4. The first-order valence-corrected chi connectivity index (χ1v) is 6.99. The molecule has 0 aromatic heterocycles. The van der Waals surface area contributed by atoms with Gasteiger partial charge in [0.05, 0.1) is 0 Å². The average Bonchev–Trinajstić information content (AvgIpc) is 2.27. The lowest BCUT2D eigenvalue weighted by molar-refractivity contribution is -0.138. The Bertz CT molecular complexity index is 238. The molecule has 0 aliphatic carbocycles.